The van der Waals surface area contributed by atoms with Gasteiger partial charge in [-0.25, -0.2) is 4.79 Å². The summed E-state index contributed by atoms with van der Waals surface area (Å²) in [4.78, 5) is 9.91. The minimum Gasteiger partial charge on any atom is -0.448 e. The van der Waals surface area contributed by atoms with Crippen LogP contribution in [0, 0.1) is 5.92 Å². The highest BCUT2D eigenvalue weighted by molar-refractivity contribution is 5.68. The average Bonchev–Trinajstić information content (AvgIpc) is 2.15. The van der Waals surface area contributed by atoms with E-state index in [2.05, 4.69) is 30.8 Å². The number of ether oxygens (including phenoxy) is 1. The smallest absolute Gasteiger partial charge is 0.407 e. The van der Waals surface area contributed by atoms with E-state index < -0.39 is 0 Å². The van der Waals surface area contributed by atoms with Gasteiger partial charge in [0, 0.05) is 1.43 Å². The number of amides is 1. The molecule has 10 heavy (non-hydrogen) atoms. The molecule has 0 aliphatic carbocycles. The Balaban J connectivity index is 0. The van der Waals surface area contributed by atoms with Crippen LogP contribution in [0.3, 0.4) is 0 Å². The number of hydrogen-bond donors (Lipinski definition) is 1. The number of cyclic esters (lactones) is 1. The zero-order valence-electron chi connectivity index (χ0n) is 6.81. The van der Waals surface area contributed by atoms with E-state index in [1.54, 1.807) is 0 Å². The third-order valence-corrected chi connectivity index (χ3v) is 0.605. The van der Waals surface area contributed by atoms with Gasteiger partial charge in [0.05, 0.1) is 6.54 Å². The Bertz CT molecular complexity index is 95.9. The van der Waals surface area contributed by atoms with Crippen molar-refractivity contribution in [3.05, 3.63) is 0 Å². The molecule has 0 aromatic heterocycles. The molecule has 1 fully saturated rings. The maximum absolute atomic E-state index is 9.91. The monoisotopic (exact) mass is 147 g/mol. The topological polar surface area (TPSA) is 38.3 Å². The first-order chi connectivity index (χ1) is 4.63. The summed E-state index contributed by atoms with van der Waals surface area (Å²) in [7, 11) is 0. The maximum atomic E-state index is 9.91. The Morgan fingerprint density at radius 3 is 2.20 bits per heavy atom. The van der Waals surface area contributed by atoms with E-state index in [-0.39, 0.29) is 7.52 Å². The standard InChI is InChI=1S/C4H10.C3H5NO2.H2/c1-4(2)3;5-3-4-1-2-6-3;/h4H,1-3H3;1-2H2,(H,4,5);1H. The molecule has 3 nitrogen and oxygen atoms in total. The van der Waals surface area contributed by atoms with E-state index in [4.69, 9.17) is 0 Å². The Morgan fingerprint density at radius 2 is 2.10 bits per heavy atom. The van der Waals surface area contributed by atoms with Crippen LogP contribution in [0.4, 0.5) is 4.79 Å². The van der Waals surface area contributed by atoms with Crippen LogP contribution in [0.15, 0.2) is 0 Å². The van der Waals surface area contributed by atoms with Gasteiger partial charge in [-0.2, -0.15) is 0 Å². The molecule has 0 atom stereocenters. The quantitative estimate of drug-likeness (QED) is 0.565. The fourth-order valence-electron chi connectivity index (χ4n) is 0.348. The molecule has 0 saturated carbocycles. The molecule has 0 aromatic rings. The summed E-state index contributed by atoms with van der Waals surface area (Å²) in [5, 5.41) is 2.46. The third kappa shape index (κ3) is 7.27. The summed E-state index contributed by atoms with van der Waals surface area (Å²) in [6.45, 7) is 7.69. The second kappa shape index (κ2) is 5.09. The van der Waals surface area contributed by atoms with Gasteiger partial charge in [0.15, 0.2) is 0 Å². The molecule has 1 aliphatic heterocycles. The fourth-order valence-corrected chi connectivity index (χ4v) is 0.348. The first kappa shape index (κ1) is 9.27. The van der Waals surface area contributed by atoms with E-state index in [1.165, 1.54) is 0 Å². The summed E-state index contributed by atoms with van der Waals surface area (Å²) in [6, 6.07) is 0. The Hall–Kier alpha value is -0.730. The lowest BCUT2D eigenvalue weighted by Crippen LogP contribution is -2.11. The van der Waals surface area contributed by atoms with Gasteiger partial charge in [-0.1, -0.05) is 20.8 Å². The van der Waals surface area contributed by atoms with Gasteiger partial charge >= 0.3 is 6.09 Å². The van der Waals surface area contributed by atoms with Gasteiger partial charge in [-0.05, 0) is 5.92 Å². The molecule has 1 saturated heterocycles. The summed E-state index contributed by atoms with van der Waals surface area (Å²) < 4.78 is 4.40. The van der Waals surface area contributed by atoms with Crippen molar-refractivity contribution in [3.63, 3.8) is 0 Å². The molecule has 0 radical (unpaired) electrons. The SMILES string of the molecule is CC(C)C.O=C1NCCO1.[HH]. The molecule has 1 heterocycles. The van der Waals surface area contributed by atoms with Crippen LogP contribution in [-0.2, 0) is 4.74 Å². The number of carbonyl (C=O) groups excluding carboxylic acids is 1. The maximum Gasteiger partial charge on any atom is 0.407 e. The Kier molecular flexibility index (Phi) is 4.72. The van der Waals surface area contributed by atoms with Gasteiger partial charge in [0.2, 0.25) is 0 Å². The highest BCUT2D eigenvalue weighted by Crippen LogP contribution is 1.82. The van der Waals surface area contributed by atoms with Crippen LogP contribution in [0.25, 0.3) is 0 Å². The van der Waals surface area contributed by atoms with Crippen LogP contribution < -0.4 is 5.32 Å². The number of nitrogens with one attached hydrogen (secondary N) is 1. The summed E-state index contributed by atoms with van der Waals surface area (Å²) in [5.74, 6) is 0.833. The summed E-state index contributed by atoms with van der Waals surface area (Å²) in [5.41, 5.74) is 0. The molecule has 62 valence electrons. The lowest BCUT2D eigenvalue weighted by atomic mass is 10.3. The first-order valence-electron chi connectivity index (χ1n) is 3.53. The molecule has 1 rings (SSSR count). The van der Waals surface area contributed by atoms with Crippen molar-refractivity contribution in [2.75, 3.05) is 13.2 Å². The molecule has 1 amide bonds. The van der Waals surface area contributed by atoms with E-state index in [0.29, 0.717) is 13.2 Å². The van der Waals surface area contributed by atoms with Crippen molar-refractivity contribution in [2.45, 2.75) is 20.8 Å². The van der Waals surface area contributed by atoms with Crippen molar-refractivity contribution in [1.29, 1.82) is 0 Å². The molecule has 0 aromatic carbocycles. The van der Waals surface area contributed by atoms with Crippen LogP contribution in [0.5, 0.6) is 0 Å². The van der Waals surface area contributed by atoms with Gasteiger partial charge in [-0.15, -0.1) is 0 Å². The Morgan fingerprint density at radius 1 is 1.60 bits per heavy atom. The minimum atomic E-state index is -0.296. The predicted octanol–water partition coefficient (Wildman–Crippen LogP) is 1.63. The van der Waals surface area contributed by atoms with Crippen LogP contribution >= 0.6 is 0 Å². The van der Waals surface area contributed by atoms with Gasteiger partial charge in [0.1, 0.15) is 6.61 Å². The molecule has 1 N–H and O–H groups in total. The largest absolute Gasteiger partial charge is 0.448 e. The summed E-state index contributed by atoms with van der Waals surface area (Å²) in [6.07, 6.45) is -0.296. The van der Waals surface area contributed by atoms with Crippen molar-refractivity contribution in [3.8, 4) is 0 Å². The molecule has 1 aliphatic rings. The normalized spacial score (nSPS) is 15.4. The van der Waals surface area contributed by atoms with Crippen LogP contribution in [-0.4, -0.2) is 19.2 Å². The van der Waals surface area contributed by atoms with E-state index in [1.807, 2.05) is 0 Å². The van der Waals surface area contributed by atoms with Crippen molar-refractivity contribution in [1.82, 2.24) is 5.32 Å². The lowest BCUT2D eigenvalue weighted by molar-refractivity contribution is 0.178. The molecular formula is C7H17NO2. The van der Waals surface area contributed by atoms with E-state index in [9.17, 15) is 4.79 Å². The number of alkyl carbamates (subject to hydrolysis) is 1. The zero-order chi connectivity index (χ0) is 7.98. The van der Waals surface area contributed by atoms with Crippen LogP contribution in [0.1, 0.15) is 22.2 Å². The number of rotatable bonds is 0. The second-order valence-corrected chi connectivity index (χ2v) is 2.79. The molecule has 3 heteroatoms. The molecule has 0 bridgehead atoms. The van der Waals surface area contributed by atoms with Crippen LogP contribution in [0.2, 0.25) is 0 Å². The fraction of sp³-hybridized carbons (Fsp3) is 0.857. The van der Waals surface area contributed by atoms with Crippen molar-refractivity contribution in [2.24, 2.45) is 5.92 Å². The van der Waals surface area contributed by atoms with E-state index in [0.717, 1.165) is 5.92 Å². The molecular weight excluding hydrogens is 130 g/mol. The molecule has 0 unspecified atom stereocenters. The molecule has 0 spiro atoms. The average molecular weight is 147 g/mol. The van der Waals surface area contributed by atoms with Gasteiger partial charge in [0.25, 0.3) is 0 Å². The third-order valence-electron chi connectivity index (χ3n) is 0.605. The van der Waals surface area contributed by atoms with Gasteiger partial charge in [-0.3, -0.25) is 0 Å². The Labute approximate surface area is 63.2 Å². The first-order valence-corrected chi connectivity index (χ1v) is 3.53. The number of carbonyl (C=O) groups is 1. The van der Waals surface area contributed by atoms with Gasteiger partial charge < -0.3 is 10.1 Å². The predicted molar refractivity (Wildman–Crippen MR) is 42.0 cm³/mol. The van der Waals surface area contributed by atoms with E-state index >= 15 is 0 Å². The second-order valence-electron chi connectivity index (χ2n) is 2.79. The highest BCUT2D eigenvalue weighted by Gasteiger charge is 2.06. The number of hydrogen-bond acceptors (Lipinski definition) is 2. The van der Waals surface area contributed by atoms with Crippen molar-refractivity contribution >= 4 is 6.09 Å². The lowest BCUT2D eigenvalue weighted by Gasteiger charge is -1.80. The van der Waals surface area contributed by atoms with Crippen molar-refractivity contribution < 1.29 is 11.0 Å². The summed E-state index contributed by atoms with van der Waals surface area (Å²) >= 11 is 0. The highest BCUT2D eigenvalue weighted by atomic mass is 16.6. The zero-order valence-corrected chi connectivity index (χ0v) is 6.81. The minimum absolute atomic E-state index is 0.